The minimum absolute atomic E-state index is 0.0256. The van der Waals surface area contributed by atoms with E-state index in [0.29, 0.717) is 59.8 Å². The Labute approximate surface area is 256 Å². The highest BCUT2D eigenvalue weighted by molar-refractivity contribution is 7.92. The van der Waals surface area contributed by atoms with Crippen LogP contribution in [0.1, 0.15) is 22.8 Å². The number of piperazine rings is 1. The summed E-state index contributed by atoms with van der Waals surface area (Å²) in [6, 6.07) is 26.9. The number of rotatable bonds is 7. The second-order valence-electron chi connectivity index (χ2n) is 11.0. The number of nitrogens with two attached hydrogens (primary N) is 1. The molecule has 0 unspecified atom stereocenters. The molecule has 1 fully saturated rings. The fourth-order valence-electron chi connectivity index (χ4n) is 5.70. The van der Waals surface area contributed by atoms with Crippen molar-refractivity contribution in [1.29, 1.82) is 0 Å². The zero-order chi connectivity index (χ0) is 30.8. The molecular formula is C34H32FN5O3S. The van der Waals surface area contributed by atoms with E-state index in [1.165, 1.54) is 18.2 Å². The number of hydrogen-bond acceptors (Lipinski definition) is 6. The number of nitrogens with one attached hydrogen (secondary N) is 1. The topological polar surface area (TPSA) is 109 Å². The molecule has 0 aliphatic carbocycles. The number of para-hydroxylation sites is 1. The molecule has 5 aromatic rings. The molecular weight excluding hydrogens is 577 g/mol. The zero-order valence-electron chi connectivity index (χ0n) is 24.2. The number of hydrogen-bond donors (Lipinski definition) is 2. The lowest BCUT2D eigenvalue weighted by molar-refractivity contribution is 0.0475. The summed E-state index contributed by atoms with van der Waals surface area (Å²) in [5.74, 6) is -0.373. The molecule has 1 aromatic heterocycles. The summed E-state index contributed by atoms with van der Waals surface area (Å²) in [6.45, 7) is 4.64. The highest BCUT2D eigenvalue weighted by Crippen LogP contribution is 2.34. The van der Waals surface area contributed by atoms with Crippen LogP contribution < -0.4 is 10.5 Å². The van der Waals surface area contributed by atoms with Crippen molar-refractivity contribution < 1.29 is 17.6 Å². The summed E-state index contributed by atoms with van der Waals surface area (Å²) in [5.41, 5.74) is 10.1. The minimum atomic E-state index is -4.03. The number of aromatic nitrogens is 1. The monoisotopic (exact) mass is 609 g/mol. The SMILES string of the molecule is C[C@@H]1CN(Cc2ccc(F)cc2)CCN1C(=O)c1ccc(NS(=O)(=O)c2ccc(N)cc2-c2cccc3cccnc23)cc1. The normalized spacial score (nSPS) is 15.8. The third-order valence-corrected chi connectivity index (χ3v) is 9.33. The van der Waals surface area contributed by atoms with E-state index in [9.17, 15) is 17.6 Å². The van der Waals surface area contributed by atoms with Gasteiger partial charge in [0, 0.05) is 71.9 Å². The van der Waals surface area contributed by atoms with Crippen molar-refractivity contribution in [3.8, 4) is 11.1 Å². The van der Waals surface area contributed by atoms with Gasteiger partial charge in [-0.2, -0.15) is 0 Å². The molecule has 0 radical (unpaired) electrons. The Hall–Kier alpha value is -4.80. The molecule has 8 nitrogen and oxygen atoms in total. The first-order chi connectivity index (χ1) is 21.2. The van der Waals surface area contributed by atoms with E-state index in [1.54, 1.807) is 54.7 Å². The number of nitrogens with zero attached hydrogens (tertiary/aromatic N) is 3. The summed E-state index contributed by atoms with van der Waals surface area (Å²) in [4.78, 5) is 22.0. The first-order valence-corrected chi connectivity index (χ1v) is 15.8. The first kappa shape index (κ1) is 29.3. The van der Waals surface area contributed by atoms with Crippen LogP contribution in [0.4, 0.5) is 15.8 Å². The van der Waals surface area contributed by atoms with E-state index < -0.39 is 10.0 Å². The quantitative estimate of drug-likeness (QED) is 0.227. The second kappa shape index (κ2) is 12.1. The smallest absolute Gasteiger partial charge is 0.262 e. The van der Waals surface area contributed by atoms with Gasteiger partial charge in [0.05, 0.1) is 10.4 Å². The molecule has 4 aromatic carbocycles. The predicted octanol–water partition coefficient (Wildman–Crippen LogP) is 5.77. The van der Waals surface area contributed by atoms with Crippen LogP contribution in [0.15, 0.2) is 108 Å². The number of halogens is 1. The molecule has 1 aliphatic heterocycles. The average Bonchev–Trinajstić information content (AvgIpc) is 3.02. The second-order valence-corrected chi connectivity index (χ2v) is 12.7. The van der Waals surface area contributed by atoms with Crippen LogP contribution in [0.25, 0.3) is 22.0 Å². The lowest BCUT2D eigenvalue weighted by Crippen LogP contribution is -2.53. The number of anilines is 2. The summed E-state index contributed by atoms with van der Waals surface area (Å²) in [6.07, 6.45) is 1.67. The Morgan fingerprint density at radius 3 is 2.45 bits per heavy atom. The number of nitrogen functional groups attached to an aromatic ring is 1. The molecule has 1 aliphatic rings. The number of amides is 1. The number of carbonyl (C=O) groups excluding carboxylic acids is 1. The Kier molecular flexibility index (Phi) is 8.03. The van der Waals surface area contributed by atoms with Crippen molar-refractivity contribution >= 4 is 38.2 Å². The van der Waals surface area contributed by atoms with Crippen LogP contribution in [-0.2, 0) is 16.6 Å². The molecule has 224 valence electrons. The molecule has 0 spiro atoms. The van der Waals surface area contributed by atoms with Gasteiger partial charge < -0.3 is 10.6 Å². The Morgan fingerprint density at radius 2 is 1.70 bits per heavy atom. The fraction of sp³-hybridized carbons (Fsp3) is 0.176. The van der Waals surface area contributed by atoms with Gasteiger partial charge in [-0.3, -0.25) is 19.4 Å². The van der Waals surface area contributed by atoms with Gasteiger partial charge in [-0.1, -0.05) is 36.4 Å². The summed E-state index contributed by atoms with van der Waals surface area (Å²) >= 11 is 0. The minimum Gasteiger partial charge on any atom is -0.399 e. The average molecular weight is 610 g/mol. The van der Waals surface area contributed by atoms with E-state index >= 15 is 0 Å². The van der Waals surface area contributed by atoms with Gasteiger partial charge in [-0.05, 0) is 73.2 Å². The highest BCUT2D eigenvalue weighted by Gasteiger charge is 2.28. The molecule has 1 amide bonds. The van der Waals surface area contributed by atoms with Crippen LogP contribution in [0.3, 0.4) is 0 Å². The van der Waals surface area contributed by atoms with E-state index in [1.807, 2.05) is 42.2 Å². The molecule has 1 saturated heterocycles. The molecule has 0 bridgehead atoms. The van der Waals surface area contributed by atoms with E-state index in [4.69, 9.17) is 5.73 Å². The van der Waals surface area contributed by atoms with Gasteiger partial charge >= 0.3 is 0 Å². The van der Waals surface area contributed by atoms with Gasteiger partial charge in [0.2, 0.25) is 0 Å². The van der Waals surface area contributed by atoms with Gasteiger partial charge in [-0.25, -0.2) is 12.8 Å². The van der Waals surface area contributed by atoms with Crippen LogP contribution in [0.5, 0.6) is 0 Å². The van der Waals surface area contributed by atoms with Crippen molar-refractivity contribution in [1.82, 2.24) is 14.8 Å². The Balaban J connectivity index is 1.17. The van der Waals surface area contributed by atoms with Crippen LogP contribution in [0, 0.1) is 5.82 Å². The third kappa shape index (κ3) is 6.13. The van der Waals surface area contributed by atoms with Crippen molar-refractivity contribution in [2.24, 2.45) is 0 Å². The van der Waals surface area contributed by atoms with Crippen LogP contribution in [-0.4, -0.2) is 54.8 Å². The highest BCUT2D eigenvalue weighted by atomic mass is 32.2. The summed E-state index contributed by atoms with van der Waals surface area (Å²) in [5, 5.41) is 0.882. The van der Waals surface area contributed by atoms with E-state index in [-0.39, 0.29) is 22.7 Å². The van der Waals surface area contributed by atoms with Crippen molar-refractivity contribution in [2.75, 3.05) is 30.1 Å². The zero-order valence-corrected chi connectivity index (χ0v) is 25.0. The van der Waals surface area contributed by atoms with Crippen molar-refractivity contribution in [3.63, 3.8) is 0 Å². The number of carbonyl (C=O) groups is 1. The van der Waals surface area contributed by atoms with Crippen LogP contribution >= 0.6 is 0 Å². The van der Waals surface area contributed by atoms with Crippen molar-refractivity contribution in [2.45, 2.75) is 24.4 Å². The lowest BCUT2D eigenvalue weighted by Gasteiger charge is -2.40. The van der Waals surface area contributed by atoms with Gasteiger partial charge in [-0.15, -0.1) is 0 Å². The Morgan fingerprint density at radius 1 is 0.955 bits per heavy atom. The molecule has 1 atom stereocenters. The van der Waals surface area contributed by atoms with Gasteiger partial charge in [0.1, 0.15) is 5.82 Å². The maximum Gasteiger partial charge on any atom is 0.262 e. The maximum absolute atomic E-state index is 13.7. The molecule has 10 heteroatoms. The van der Waals surface area contributed by atoms with Gasteiger partial charge in [0.25, 0.3) is 15.9 Å². The molecule has 3 N–H and O–H groups in total. The lowest BCUT2D eigenvalue weighted by atomic mass is 10.0. The number of benzene rings is 4. The number of fused-ring (bicyclic) bond motifs is 1. The van der Waals surface area contributed by atoms with E-state index in [0.717, 1.165) is 10.9 Å². The van der Waals surface area contributed by atoms with Crippen LogP contribution in [0.2, 0.25) is 0 Å². The largest absolute Gasteiger partial charge is 0.399 e. The maximum atomic E-state index is 13.7. The number of sulfonamides is 1. The van der Waals surface area contributed by atoms with Gasteiger partial charge in [0.15, 0.2) is 0 Å². The molecule has 44 heavy (non-hydrogen) atoms. The predicted molar refractivity (Wildman–Crippen MR) is 171 cm³/mol. The fourth-order valence-corrected chi connectivity index (χ4v) is 6.96. The summed E-state index contributed by atoms with van der Waals surface area (Å²) in [7, 11) is -4.03. The first-order valence-electron chi connectivity index (χ1n) is 14.3. The summed E-state index contributed by atoms with van der Waals surface area (Å²) < 4.78 is 43.2. The van der Waals surface area contributed by atoms with E-state index in [2.05, 4.69) is 14.6 Å². The molecule has 2 heterocycles. The standard InChI is InChI=1S/C34H32FN5O3S/c1-23-21-39(22-24-7-11-27(35)12-8-24)18-19-40(23)34(41)26-9-14-29(15-10-26)38-44(42,43)32-16-13-28(36)20-31(32)30-6-2-4-25-5-3-17-37-33(25)30/h2-17,20,23,38H,18-19,21-22,36H2,1H3/t23-/m1/s1. The van der Waals surface area contributed by atoms with Crippen molar-refractivity contribution in [3.05, 3.63) is 120 Å². The molecule has 6 rings (SSSR count). The molecule has 0 saturated carbocycles. The number of pyridine rings is 1. The Bertz CT molecular complexity index is 1930. The third-order valence-electron chi connectivity index (χ3n) is 7.89.